The van der Waals surface area contributed by atoms with E-state index in [1.165, 1.54) is 0 Å². The summed E-state index contributed by atoms with van der Waals surface area (Å²) < 4.78 is 0. The van der Waals surface area contributed by atoms with Crippen LogP contribution in [0.4, 0.5) is 11.8 Å². The number of rotatable bonds is 4. The van der Waals surface area contributed by atoms with E-state index in [0.717, 1.165) is 19.5 Å². The Labute approximate surface area is 117 Å². The molecule has 0 aromatic carbocycles. The van der Waals surface area contributed by atoms with Crippen molar-refractivity contribution in [1.82, 2.24) is 14.9 Å². The van der Waals surface area contributed by atoms with Crippen LogP contribution < -0.4 is 10.2 Å². The minimum atomic E-state index is 0.0731. The van der Waals surface area contributed by atoms with Crippen LogP contribution in [0.15, 0.2) is 6.20 Å². The zero-order chi connectivity index (χ0) is 13.8. The van der Waals surface area contributed by atoms with Gasteiger partial charge in [0.2, 0.25) is 11.9 Å². The number of carbonyl (C=O) groups is 1. The van der Waals surface area contributed by atoms with Gasteiger partial charge in [-0.15, -0.1) is 0 Å². The molecule has 0 unspecified atom stereocenters. The lowest BCUT2D eigenvalue weighted by Gasteiger charge is -2.33. The van der Waals surface area contributed by atoms with Gasteiger partial charge in [-0.25, -0.2) is 4.98 Å². The van der Waals surface area contributed by atoms with Gasteiger partial charge >= 0.3 is 0 Å². The normalized spacial score (nSPS) is 15.8. The second-order valence-corrected chi connectivity index (χ2v) is 4.94. The van der Waals surface area contributed by atoms with Gasteiger partial charge in [-0.05, 0) is 6.42 Å². The van der Waals surface area contributed by atoms with Crippen molar-refractivity contribution in [2.45, 2.75) is 13.3 Å². The molecule has 0 spiro atoms. The minimum absolute atomic E-state index is 0.0731. The van der Waals surface area contributed by atoms with Crippen molar-refractivity contribution in [3.63, 3.8) is 0 Å². The van der Waals surface area contributed by atoms with Crippen LogP contribution in [0.1, 0.15) is 13.3 Å². The molecular formula is C12H18ClN5O. The number of nitrogens with zero attached hydrogens (tertiary/aromatic N) is 4. The first-order valence-electron chi connectivity index (χ1n) is 6.37. The highest BCUT2D eigenvalue weighted by molar-refractivity contribution is 6.32. The molecule has 1 fully saturated rings. The monoisotopic (exact) mass is 283 g/mol. The van der Waals surface area contributed by atoms with Gasteiger partial charge in [0, 0.05) is 26.7 Å². The Hall–Kier alpha value is -1.56. The summed E-state index contributed by atoms with van der Waals surface area (Å²) in [4.78, 5) is 23.9. The quantitative estimate of drug-likeness (QED) is 0.901. The molecule has 0 bridgehead atoms. The number of aromatic nitrogens is 2. The van der Waals surface area contributed by atoms with Crippen LogP contribution in [-0.2, 0) is 4.79 Å². The average Bonchev–Trinajstić information content (AvgIpc) is 2.41. The Kier molecular flexibility index (Phi) is 4.42. The second kappa shape index (κ2) is 6.06. The lowest BCUT2D eigenvalue weighted by Crippen LogP contribution is -2.49. The molecule has 1 aromatic rings. The van der Waals surface area contributed by atoms with Crippen LogP contribution in [0, 0.1) is 0 Å². The number of likely N-dealkylation sites (N-methyl/N-ethyl adjacent to an activating group) is 1. The molecule has 0 radical (unpaired) electrons. The van der Waals surface area contributed by atoms with Gasteiger partial charge in [0.25, 0.3) is 0 Å². The molecule has 1 amide bonds. The molecule has 0 atom stereocenters. The van der Waals surface area contributed by atoms with Gasteiger partial charge in [-0.1, -0.05) is 18.5 Å². The van der Waals surface area contributed by atoms with E-state index in [0.29, 0.717) is 29.9 Å². The van der Waals surface area contributed by atoms with Crippen molar-refractivity contribution in [1.29, 1.82) is 0 Å². The predicted molar refractivity (Wildman–Crippen MR) is 75.7 cm³/mol. The molecule has 7 heteroatoms. The first kappa shape index (κ1) is 13.9. The molecule has 1 saturated heterocycles. The van der Waals surface area contributed by atoms with E-state index >= 15 is 0 Å². The lowest BCUT2D eigenvalue weighted by molar-refractivity contribution is -0.129. The number of halogens is 1. The van der Waals surface area contributed by atoms with Crippen molar-refractivity contribution >= 4 is 29.3 Å². The first-order valence-corrected chi connectivity index (χ1v) is 6.75. The number of hydrogen-bond acceptors (Lipinski definition) is 5. The van der Waals surface area contributed by atoms with Crippen LogP contribution in [-0.4, -0.2) is 54.0 Å². The maximum absolute atomic E-state index is 11.7. The summed E-state index contributed by atoms with van der Waals surface area (Å²) in [5.41, 5.74) is 0. The molecule has 1 aliphatic heterocycles. The van der Waals surface area contributed by atoms with E-state index in [1.54, 1.807) is 18.1 Å². The largest absolute Gasteiger partial charge is 0.354 e. The summed E-state index contributed by atoms with van der Waals surface area (Å²) >= 11 is 6.13. The third-order valence-corrected chi connectivity index (χ3v) is 3.28. The third-order valence-electron chi connectivity index (χ3n) is 3.02. The predicted octanol–water partition coefficient (Wildman–Crippen LogP) is 1.23. The van der Waals surface area contributed by atoms with Gasteiger partial charge in [-0.2, -0.15) is 4.98 Å². The number of carbonyl (C=O) groups excluding carboxylic acids is 1. The lowest BCUT2D eigenvalue weighted by atomic mass is 10.3. The highest BCUT2D eigenvalue weighted by Gasteiger charge is 2.24. The van der Waals surface area contributed by atoms with Gasteiger partial charge in [0.05, 0.1) is 12.7 Å². The molecule has 2 rings (SSSR count). The van der Waals surface area contributed by atoms with Gasteiger partial charge in [0.1, 0.15) is 5.02 Å². The number of amides is 1. The highest BCUT2D eigenvalue weighted by atomic mass is 35.5. The molecule has 0 saturated carbocycles. The van der Waals surface area contributed by atoms with E-state index < -0.39 is 0 Å². The van der Waals surface area contributed by atoms with Crippen LogP contribution in [0.3, 0.4) is 0 Å². The molecule has 6 nitrogen and oxygen atoms in total. The number of anilines is 2. The molecule has 2 heterocycles. The summed E-state index contributed by atoms with van der Waals surface area (Å²) in [6.45, 7) is 4.59. The second-order valence-electron chi connectivity index (χ2n) is 4.53. The third kappa shape index (κ3) is 3.26. The van der Waals surface area contributed by atoms with E-state index in [1.807, 2.05) is 4.90 Å². The molecular weight excluding hydrogens is 266 g/mol. The molecule has 19 heavy (non-hydrogen) atoms. The number of hydrogen-bond donors (Lipinski definition) is 1. The Morgan fingerprint density at radius 3 is 2.95 bits per heavy atom. The fourth-order valence-corrected chi connectivity index (χ4v) is 2.05. The Balaban J connectivity index is 2.16. The van der Waals surface area contributed by atoms with Crippen molar-refractivity contribution < 1.29 is 4.79 Å². The first-order chi connectivity index (χ1) is 9.11. The fraction of sp³-hybridized carbons (Fsp3) is 0.583. The van der Waals surface area contributed by atoms with Crippen LogP contribution in [0.2, 0.25) is 5.02 Å². The zero-order valence-electron chi connectivity index (χ0n) is 11.2. The maximum Gasteiger partial charge on any atom is 0.241 e. The molecule has 104 valence electrons. The van der Waals surface area contributed by atoms with E-state index in [4.69, 9.17) is 11.6 Å². The van der Waals surface area contributed by atoms with Crippen molar-refractivity contribution in [2.24, 2.45) is 0 Å². The average molecular weight is 284 g/mol. The van der Waals surface area contributed by atoms with Gasteiger partial charge in [-0.3, -0.25) is 4.79 Å². The molecule has 1 N–H and O–H groups in total. The van der Waals surface area contributed by atoms with Crippen LogP contribution in [0.25, 0.3) is 0 Å². The van der Waals surface area contributed by atoms with E-state index in [2.05, 4.69) is 22.2 Å². The topological polar surface area (TPSA) is 61.4 Å². The van der Waals surface area contributed by atoms with Gasteiger partial charge < -0.3 is 15.1 Å². The van der Waals surface area contributed by atoms with Crippen LogP contribution in [0.5, 0.6) is 0 Å². The SMILES string of the molecule is CCCNc1ncc(Cl)c(N2CCN(C)C(=O)C2)n1. The summed E-state index contributed by atoms with van der Waals surface area (Å²) in [5.74, 6) is 1.24. The van der Waals surface area contributed by atoms with E-state index in [9.17, 15) is 4.79 Å². The van der Waals surface area contributed by atoms with Crippen molar-refractivity contribution in [3.05, 3.63) is 11.2 Å². The molecule has 0 aliphatic carbocycles. The van der Waals surface area contributed by atoms with Crippen molar-refractivity contribution in [2.75, 3.05) is 43.4 Å². The molecule has 1 aliphatic rings. The van der Waals surface area contributed by atoms with Gasteiger partial charge in [0.15, 0.2) is 5.82 Å². The maximum atomic E-state index is 11.7. The highest BCUT2D eigenvalue weighted by Crippen LogP contribution is 2.24. The number of piperazine rings is 1. The Morgan fingerprint density at radius 1 is 1.47 bits per heavy atom. The van der Waals surface area contributed by atoms with Crippen molar-refractivity contribution in [3.8, 4) is 0 Å². The summed E-state index contributed by atoms with van der Waals surface area (Å²) in [7, 11) is 1.80. The number of nitrogens with one attached hydrogen (secondary N) is 1. The summed E-state index contributed by atoms with van der Waals surface area (Å²) in [6.07, 6.45) is 2.57. The van der Waals surface area contributed by atoms with Crippen LogP contribution >= 0.6 is 11.6 Å². The minimum Gasteiger partial charge on any atom is -0.354 e. The summed E-state index contributed by atoms with van der Waals surface area (Å²) in [5, 5.41) is 3.59. The fourth-order valence-electron chi connectivity index (χ4n) is 1.84. The Bertz CT molecular complexity index is 467. The Morgan fingerprint density at radius 2 is 2.26 bits per heavy atom. The standard InChI is InChI=1S/C12H18ClN5O/c1-3-4-14-12-15-7-9(13)11(16-12)18-6-5-17(2)10(19)8-18/h7H,3-6,8H2,1-2H3,(H,14,15,16). The zero-order valence-corrected chi connectivity index (χ0v) is 11.9. The smallest absolute Gasteiger partial charge is 0.241 e. The van der Waals surface area contributed by atoms with E-state index in [-0.39, 0.29) is 5.91 Å². The molecule has 1 aromatic heterocycles. The summed E-state index contributed by atoms with van der Waals surface area (Å²) in [6, 6.07) is 0.